The maximum absolute atomic E-state index is 12.3. The Morgan fingerprint density at radius 1 is 1.29 bits per heavy atom. The van der Waals surface area contributed by atoms with Crippen molar-refractivity contribution in [2.24, 2.45) is 0 Å². The Bertz CT molecular complexity index is 793. The number of benzene rings is 1. The van der Waals surface area contributed by atoms with Gasteiger partial charge in [0, 0.05) is 24.0 Å². The molecule has 5 heteroatoms. The lowest BCUT2D eigenvalue weighted by Crippen LogP contribution is -2.23. The first-order valence-corrected chi connectivity index (χ1v) is 6.98. The van der Waals surface area contributed by atoms with Crippen molar-refractivity contribution >= 4 is 23.2 Å². The van der Waals surface area contributed by atoms with E-state index in [2.05, 4.69) is 10.3 Å². The molecule has 0 atom stereocenters. The maximum Gasteiger partial charge on any atom is 0.255 e. The van der Waals surface area contributed by atoms with E-state index in [1.807, 2.05) is 54.0 Å². The summed E-state index contributed by atoms with van der Waals surface area (Å²) in [5.74, 6) is -0.138. The molecule has 2 heterocycles. The van der Waals surface area contributed by atoms with Crippen molar-refractivity contribution in [3.05, 3.63) is 70.6 Å². The van der Waals surface area contributed by atoms with Crippen molar-refractivity contribution in [3.63, 3.8) is 0 Å². The highest BCUT2D eigenvalue weighted by atomic mass is 35.5. The Kier molecular flexibility index (Phi) is 3.62. The molecule has 106 valence electrons. The fraction of sp³-hybridized carbons (Fsp3) is 0.125. The highest BCUT2D eigenvalue weighted by Crippen LogP contribution is 2.12. The Balaban J connectivity index is 1.79. The van der Waals surface area contributed by atoms with E-state index in [0.29, 0.717) is 22.8 Å². The fourth-order valence-electron chi connectivity index (χ4n) is 2.19. The van der Waals surface area contributed by atoms with Crippen LogP contribution in [0.2, 0.25) is 5.02 Å². The van der Waals surface area contributed by atoms with Crippen molar-refractivity contribution in [1.82, 2.24) is 14.7 Å². The molecule has 0 aliphatic heterocycles. The SMILES string of the molecule is Cc1cn2cccc(C(=O)NCc3ccc(Cl)cc3)c2n1. The topological polar surface area (TPSA) is 46.4 Å². The van der Waals surface area contributed by atoms with Crippen LogP contribution in [0.5, 0.6) is 0 Å². The number of hydrogen-bond acceptors (Lipinski definition) is 2. The monoisotopic (exact) mass is 299 g/mol. The zero-order chi connectivity index (χ0) is 14.8. The minimum atomic E-state index is -0.138. The molecule has 0 radical (unpaired) electrons. The second-order valence-corrected chi connectivity index (χ2v) is 5.28. The summed E-state index contributed by atoms with van der Waals surface area (Å²) in [5.41, 5.74) is 3.12. The van der Waals surface area contributed by atoms with Gasteiger partial charge in [0.25, 0.3) is 5.91 Å². The molecule has 21 heavy (non-hydrogen) atoms. The summed E-state index contributed by atoms with van der Waals surface area (Å²) in [5, 5.41) is 3.58. The molecule has 0 unspecified atom stereocenters. The predicted molar refractivity (Wildman–Crippen MR) is 82.6 cm³/mol. The van der Waals surface area contributed by atoms with Gasteiger partial charge in [-0.15, -0.1) is 0 Å². The van der Waals surface area contributed by atoms with Crippen molar-refractivity contribution in [2.45, 2.75) is 13.5 Å². The van der Waals surface area contributed by atoms with Gasteiger partial charge >= 0.3 is 0 Å². The van der Waals surface area contributed by atoms with Crippen molar-refractivity contribution in [2.75, 3.05) is 0 Å². The molecule has 0 spiro atoms. The molecule has 0 bridgehead atoms. The minimum Gasteiger partial charge on any atom is -0.348 e. The Morgan fingerprint density at radius 3 is 2.81 bits per heavy atom. The summed E-state index contributed by atoms with van der Waals surface area (Å²) in [7, 11) is 0. The number of rotatable bonds is 3. The average Bonchev–Trinajstić information content (AvgIpc) is 2.86. The summed E-state index contributed by atoms with van der Waals surface area (Å²) < 4.78 is 1.85. The lowest BCUT2D eigenvalue weighted by molar-refractivity contribution is 0.0952. The molecule has 0 saturated carbocycles. The van der Waals surface area contributed by atoms with E-state index in [0.717, 1.165) is 11.3 Å². The normalized spacial score (nSPS) is 10.8. The number of carbonyl (C=O) groups excluding carboxylic acids is 1. The van der Waals surface area contributed by atoms with Gasteiger partial charge in [-0.1, -0.05) is 23.7 Å². The average molecular weight is 300 g/mol. The molecule has 2 aromatic heterocycles. The summed E-state index contributed by atoms with van der Waals surface area (Å²) in [6.07, 6.45) is 3.77. The quantitative estimate of drug-likeness (QED) is 0.807. The van der Waals surface area contributed by atoms with Crippen LogP contribution in [-0.4, -0.2) is 15.3 Å². The van der Waals surface area contributed by atoms with Gasteiger partial charge in [-0.3, -0.25) is 4.79 Å². The van der Waals surface area contributed by atoms with Gasteiger partial charge in [-0.25, -0.2) is 4.98 Å². The maximum atomic E-state index is 12.3. The first-order valence-electron chi connectivity index (χ1n) is 6.60. The van der Waals surface area contributed by atoms with Gasteiger partial charge in [0.2, 0.25) is 0 Å². The van der Waals surface area contributed by atoms with Crippen LogP contribution in [0.15, 0.2) is 48.8 Å². The lowest BCUT2D eigenvalue weighted by Gasteiger charge is -2.06. The summed E-state index contributed by atoms with van der Waals surface area (Å²) in [6, 6.07) is 11.0. The molecule has 4 nitrogen and oxygen atoms in total. The largest absolute Gasteiger partial charge is 0.348 e. The third kappa shape index (κ3) is 2.90. The smallest absolute Gasteiger partial charge is 0.255 e. The molecule has 0 fully saturated rings. The highest BCUT2D eigenvalue weighted by Gasteiger charge is 2.11. The number of nitrogens with one attached hydrogen (secondary N) is 1. The first kappa shape index (κ1) is 13.6. The summed E-state index contributed by atoms with van der Waals surface area (Å²) in [4.78, 5) is 16.7. The Labute approximate surface area is 127 Å². The van der Waals surface area contributed by atoms with Crippen LogP contribution in [0.1, 0.15) is 21.6 Å². The molecule has 3 aromatic rings. The van der Waals surface area contributed by atoms with Gasteiger partial charge in [0.15, 0.2) is 0 Å². The van der Waals surface area contributed by atoms with Gasteiger partial charge in [-0.2, -0.15) is 0 Å². The molecule has 1 N–H and O–H groups in total. The van der Waals surface area contributed by atoms with Crippen LogP contribution in [0.3, 0.4) is 0 Å². The summed E-state index contributed by atoms with van der Waals surface area (Å²) >= 11 is 5.84. The zero-order valence-corrected chi connectivity index (χ0v) is 12.3. The first-order chi connectivity index (χ1) is 10.1. The number of nitrogens with zero attached hydrogens (tertiary/aromatic N) is 2. The Hall–Kier alpha value is -2.33. The van der Waals surface area contributed by atoms with E-state index in [9.17, 15) is 4.79 Å². The van der Waals surface area contributed by atoms with E-state index < -0.39 is 0 Å². The number of aryl methyl sites for hydroxylation is 1. The van der Waals surface area contributed by atoms with E-state index in [4.69, 9.17) is 11.6 Å². The van der Waals surface area contributed by atoms with Crippen LogP contribution in [0, 0.1) is 6.92 Å². The molecular formula is C16H14ClN3O. The Morgan fingerprint density at radius 2 is 2.05 bits per heavy atom. The van der Waals surface area contributed by atoms with Crippen molar-refractivity contribution in [3.8, 4) is 0 Å². The van der Waals surface area contributed by atoms with Crippen LogP contribution in [0.25, 0.3) is 5.65 Å². The van der Waals surface area contributed by atoms with Gasteiger partial charge < -0.3 is 9.72 Å². The fourth-order valence-corrected chi connectivity index (χ4v) is 2.32. The number of pyridine rings is 1. The van der Waals surface area contributed by atoms with Gasteiger partial charge in [0.05, 0.1) is 11.3 Å². The molecule has 3 rings (SSSR count). The second-order valence-electron chi connectivity index (χ2n) is 4.84. The molecule has 1 aromatic carbocycles. The van der Waals surface area contributed by atoms with Crippen LogP contribution >= 0.6 is 11.6 Å². The second kappa shape index (κ2) is 5.58. The predicted octanol–water partition coefficient (Wildman–Crippen LogP) is 3.23. The van der Waals surface area contributed by atoms with Crippen LogP contribution < -0.4 is 5.32 Å². The molecule has 1 amide bonds. The molecule has 0 saturated heterocycles. The minimum absolute atomic E-state index is 0.138. The number of fused-ring (bicyclic) bond motifs is 1. The van der Waals surface area contributed by atoms with Crippen molar-refractivity contribution in [1.29, 1.82) is 0 Å². The van der Waals surface area contributed by atoms with Gasteiger partial charge in [0.1, 0.15) is 5.65 Å². The van der Waals surface area contributed by atoms with E-state index in [1.165, 1.54) is 0 Å². The third-order valence-electron chi connectivity index (χ3n) is 3.21. The van der Waals surface area contributed by atoms with Gasteiger partial charge in [-0.05, 0) is 36.8 Å². The zero-order valence-electron chi connectivity index (χ0n) is 11.5. The van der Waals surface area contributed by atoms with E-state index in [-0.39, 0.29) is 5.91 Å². The number of amides is 1. The van der Waals surface area contributed by atoms with Crippen LogP contribution in [-0.2, 0) is 6.54 Å². The number of imidazole rings is 1. The highest BCUT2D eigenvalue weighted by molar-refractivity contribution is 6.30. The lowest BCUT2D eigenvalue weighted by atomic mass is 10.2. The molecular weight excluding hydrogens is 286 g/mol. The van der Waals surface area contributed by atoms with E-state index >= 15 is 0 Å². The molecule has 0 aliphatic rings. The standard InChI is InChI=1S/C16H14ClN3O/c1-11-10-20-8-2-3-14(15(20)19-11)16(21)18-9-12-4-6-13(17)7-5-12/h2-8,10H,9H2,1H3,(H,18,21). The van der Waals surface area contributed by atoms with Crippen LogP contribution in [0.4, 0.5) is 0 Å². The number of halogens is 1. The number of hydrogen-bond donors (Lipinski definition) is 1. The number of carbonyl (C=O) groups is 1. The van der Waals surface area contributed by atoms with E-state index in [1.54, 1.807) is 6.07 Å². The number of aromatic nitrogens is 2. The third-order valence-corrected chi connectivity index (χ3v) is 3.47. The molecule has 0 aliphatic carbocycles. The summed E-state index contributed by atoms with van der Waals surface area (Å²) in [6.45, 7) is 2.36. The van der Waals surface area contributed by atoms with Crippen molar-refractivity contribution < 1.29 is 4.79 Å².